The number of ether oxygens (including phenoxy) is 2. The van der Waals surface area contributed by atoms with E-state index in [4.69, 9.17) is 36.1 Å². The number of hydrogen-bond donors (Lipinski definition) is 1. The number of carbonyl (C=O) groups excluding carboxylic acids is 2. The lowest BCUT2D eigenvalue weighted by Crippen LogP contribution is -2.74. The molecule has 3 aliphatic rings. The predicted octanol–water partition coefficient (Wildman–Crippen LogP) is 9.22. The topological polar surface area (TPSA) is 135 Å². The van der Waals surface area contributed by atoms with Gasteiger partial charge in [0.1, 0.15) is 17.9 Å². The maximum Gasteiger partial charge on any atom is 0.251 e. The summed E-state index contributed by atoms with van der Waals surface area (Å²) in [5.74, 6) is 0.511. The minimum absolute atomic E-state index is 0.0759. The second kappa shape index (κ2) is 15.7. The van der Waals surface area contributed by atoms with E-state index in [2.05, 4.69) is 68.0 Å². The summed E-state index contributed by atoms with van der Waals surface area (Å²) in [5.41, 5.74) is 7.86. The molecular weight excluding hydrogens is 786 g/mol. The van der Waals surface area contributed by atoms with E-state index in [1.807, 2.05) is 53.7 Å². The molecule has 61 heavy (non-hydrogen) atoms. The molecule has 3 aromatic carbocycles. The summed E-state index contributed by atoms with van der Waals surface area (Å²) in [5, 5.41) is 20.2. The number of pyridine rings is 2. The molecule has 0 atom stereocenters. The zero-order valence-corrected chi connectivity index (χ0v) is 35.8. The molecule has 6 aromatic rings. The summed E-state index contributed by atoms with van der Waals surface area (Å²) < 4.78 is 14.3. The van der Waals surface area contributed by atoms with Gasteiger partial charge in [0.05, 0.1) is 33.7 Å². The van der Waals surface area contributed by atoms with Crippen molar-refractivity contribution in [1.82, 2.24) is 30.0 Å². The highest BCUT2D eigenvalue weighted by Gasteiger charge is 2.64. The molecule has 0 bridgehead atoms. The zero-order chi connectivity index (χ0) is 42.6. The molecule has 5 heterocycles. The van der Waals surface area contributed by atoms with Crippen molar-refractivity contribution in [2.75, 3.05) is 19.8 Å². The molecule has 310 valence electrons. The van der Waals surface area contributed by atoms with Crippen molar-refractivity contribution in [3.63, 3.8) is 0 Å². The van der Waals surface area contributed by atoms with E-state index in [0.717, 1.165) is 82.6 Å². The predicted molar refractivity (Wildman–Crippen MR) is 235 cm³/mol. The lowest BCUT2D eigenvalue weighted by Gasteiger charge is -2.63. The van der Waals surface area contributed by atoms with Gasteiger partial charge in [-0.3, -0.25) is 24.2 Å². The van der Waals surface area contributed by atoms with E-state index in [1.54, 1.807) is 25.1 Å². The van der Waals surface area contributed by atoms with Crippen LogP contribution in [0.4, 0.5) is 0 Å². The van der Waals surface area contributed by atoms with E-state index in [0.29, 0.717) is 35.0 Å². The number of aromatic nitrogens is 4. The molecule has 11 nitrogen and oxygen atoms in total. The van der Waals surface area contributed by atoms with Gasteiger partial charge >= 0.3 is 0 Å². The van der Waals surface area contributed by atoms with Gasteiger partial charge in [0.15, 0.2) is 0 Å². The number of fused-ring (bicyclic) bond motifs is 2. The quantitative estimate of drug-likeness (QED) is 0.160. The van der Waals surface area contributed by atoms with Crippen molar-refractivity contribution in [1.29, 1.82) is 5.26 Å². The number of nitriles is 1. The highest BCUT2D eigenvalue weighted by atomic mass is 35.5. The third-order valence-corrected chi connectivity index (χ3v) is 13.3. The van der Waals surface area contributed by atoms with Gasteiger partial charge < -0.3 is 19.7 Å². The van der Waals surface area contributed by atoms with Gasteiger partial charge in [-0.2, -0.15) is 10.4 Å². The third kappa shape index (κ3) is 7.32. The Labute approximate surface area is 360 Å². The highest BCUT2D eigenvalue weighted by molar-refractivity contribution is 6.31. The number of amides is 2. The Morgan fingerprint density at radius 1 is 0.918 bits per heavy atom. The number of benzene rings is 3. The monoisotopic (exact) mass is 833 g/mol. The fourth-order valence-corrected chi connectivity index (χ4v) is 10.2. The summed E-state index contributed by atoms with van der Waals surface area (Å²) in [7, 11) is 0. The standard InChI is InChI=1S/C49H48ClN7O4/c1-29(58)56-20-17-43-39(28-56)44(55-57(43)35-18-21-60-22-19-35)37-8-6-7-32-23-42(53-27-38(32)37)34-14-16-41(52-26-34)30-9-11-31(12-10-30)45(59)54-46-48(2,3)47(49(46,4)5)61-36-15-13-33(25-51)40(50)24-36/h6-16,23-24,26-27,35,46-47H,17-22,28H2,1-5H3,(H,54,59). The molecule has 0 radical (unpaired) electrons. The number of nitrogens with one attached hydrogen (secondary N) is 1. The van der Waals surface area contributed by atoms with Crippen molar-refractivity contribution in [3.05, 3.63) is 119 Å². The molecule has 3 aromatic heterocycles. The van der Waals surface area contributed by atoms with Crippen LogP contribution < -0.4 is 10.1 Å². The summed E-state index contributed by atoms with van der Waals surface area (Å²) >= 11 is 6.27. The largest absolute Gasteiger partial charge is 0.489 e. The molecule has 1 N–H and O–H groups in total. The van der Waals surface area contributed by atoms with Crippen LogP contribution in [0.2, 0.25) is 5.02 Å². The highest BCUT2D eigenvalue weighted by Crippen LogP contribution is 2.55. The van der Waals surface area contributed by atoms with Crippen molar-refractivity contribution < 1.29 is 19.1 Å². The minimum Gasteiger partial charge on any atom is -0.489 e. The Bertz CT molecular complexity index is 2700. The smallest absolute Gasteiger partial charge is 0.251 e. The van der Waals surface area contributed by atoms with Crippen LogP contribution in [0.25, 0.3) is 44.5 Å². The van der Waals surface area contributed by atoms with Gasteiger partial charge in [-0.1, -0.05) is 69.6 Å². The van der Waals surface area contributed by atoms with Crippen LogP contribution in [0.15, 0.2) is 91.3 Å². The molecule has 0 spiro atoms. The first-order valence-electron chi connectivity index (χ1n) is 20.9. The number of halogens is 1. The average molecular weight is 834 g/mol. The zero-order valence-electron chi connectivity index (χ0n) is 35.0. The van der Waals surface area contributed by atoms with Crippen LogP contribution in [-0.2, 0) is 22.5 Å². The fourth-order valence-electron chi connectivity index (χ4n) is 10.0. The van der Waals surface area contributed by atoms with E-state index >= 15 is 0 Å². The molecule has 1 saturated heterocycles. The van der Waals surface area contributed by atoms with Crippen LogP contribution in [0.5, 0.6) is 5.75 Å². The van der Waals surface area contributed by atoms with Gasteiger partial charge in [-0.15, -0.1) is 0 Å². The van der Waals surface area contributed by atoms with Crippen LogP contribution in [0, 0.1) is 22.2 Å². The van der Waals surface area contributed by atoms with E-state index in [-0.39, 0.29) is 40.8 Å². The molecule has 2 fully saturated rings. The van der Waals surface area contributed by atoms with Gasteiger partial charge in [-0.05, 0) is 60.7 Å². The number of hydrogen-bond acceptors (Lipinski definition) is 8. The summed E-state index contributed by atoms with van der Waals surface area (Å²) in [6, 6.07) is 27.1. The number of carbonyl (C=O) groups is 2. The second-order valence-electron chi connectivity index (χ2n) is 17.7. The van der Waals surface area contributed by atoms with Crippen LogP contribution in [0.3, 0.4) is 0 Å². The molecule has 9 rings (SSSR count). The van der Waals surface area contributed by atoms with Crippen molar-refractivity contribution in [3.8, 4) is 45.6 Å². The number of rotatable bonds is 8. The van der Waals surface area contributed by atoms with Crippen LogP contribution in [-0.4, -0.2) is 68.4 Å². The Kier molecular flexibility index (Phi) is 10.4. The Balaban J connectivity index is 0.898. The second-order valence-corrected chi connectivity index (χ2v) is 18.1. The SMILES string of the molecule is CC(=O)N1CCc2c(c(-c3cccc4cc(-c5ccc(-c6ccc(C(=O)NC7C(C)(C)C(Oc8ccc(C#N)c(Cl)c8)C7(C)C)cc6)nc5)ncc34)nn2C2CCOCC2)C1. The van der Waals surface area contributed by atoms with Gasteiger partial charge in [0.2, 0.25) is 5.91 Å². The minimum atomic E-state index is -0.374. The maximum absolute atomic E-state index is 13.6. The average Bonchev–Trinajstić information content (AvgIpc) is 3.66. The summed E-state index contributed by atoms with van der Waals surface area (Å²) in [4.78, 5) is 37.7. The lowest BCUT2D eigenvalue weighted by atomic mass is 9.49. The maximum atomic E-state index is 13.6. The fraction of sp³-hybridized carbons (Fsp3) is 0.347. The molecule has 2 aliphatic heterocycles. The van der Waals surface area contributed by atoms with E-state index < -0.39 is 0 Å². The summed E-state index contributed by atoms with van der Waals surface area (Å²) in [6.07, 6.45) is 6.20. The third-order valence-electron chi connectivity index (χ3n) is 13.0. The molecule has 12 heteroatoms. The van der Waals surface area contributed by atoms with Crippen LogP contribution in [0.1, 0.15) is 80.7 Å². The van der Waals surface area contributed by atoms with Crippen LogP contribution >= 0.6 is 11.6 Å². The van der Waals surface area contributed by atoms with Gasteiger partial charge in [0.25, 0.3) is 5.91 Å². The van der Waals surface area contributed by atoms with E-state index in [1.165, 1.54) is 5.69 Å². The first-order valence-corrected chi connectivity index (χ1v) is 21.3. The molecular formula is C49H48ClN7O4. The molecule has 0 unspecified atom stereocenters. The van der Waals surface area contributed by atoms with Crippen molar-refractivity contribution in [2.45, 2.75) is 78.6 Å². The molecule has 1 saturated carbocycles. The first-order chi connectivity index (χ1) is 29.3. The summed E-state index contributed by atoms with van der Waals surface area (Å²) in [6.45, 7) is 12.7. The Hall–Kier alpha value is -6.09. The Morgan fingerprint density at radius 3 is 2.34 bits per heavy atom. The Morgan fingerprint density at radius 2 is 1.66 bits per heavy atom. The van der Waals surface area contributed by atoms with E-state index in [9.17, 15) is 14.9 Å². The lowest BCUT2D eigenvalue weighted by molar-refractivity contribution is -0.164. The van der Waals surface area contributed by atoms with Crippen molar-refractivity contribution >= 4 is 34.2 Å². The normalized spacial score (nSPS) is 19.4. The molecule has 1 aliphatic carbocycles. The van der Waals surface area contributed by atoms with Gasteiger partial charge in [0, 0.05) is 114 Å². The first kappa shape index (κ1) is 40.3. The molecule has 2 amide bonds. The van der Waals surface area contributed by atoms with Gasteiger partial charge in [-0.25, -0.2) is 0 Å². The van der Waals surface area contributed by atoms with Crippen molar-refractivity contribution in [2.24, 2.45) is 10.8 Å². The number of nitrogens with zero attached hydrogens (tertiary/aromatic N) is 6.